The molecule has 0 saturated carbocycles. The third-order valence-corrected chi connectivity index (χ3v) is 2.24. The van der Waals surface area contributed by atoms with Crippen molar-refractivity contribution in [2.75, 3.05) is 20.6 Å². The van der Waals surface area contributed by atoms with Crippen molar-refractivity contribution in [2.45, 2.75) is 13.0 Å². The summed E-state index contributed by atoms with van der Waals surface area (Å²) in [6.45, 7) is 1.35. The molecule has 0 bridgehead atoms. The Morgan fingerprint density at radius 3 is 2.88 bits per heavy atom. The molecule has 1 rings (SSSR count). The van der Waals surface area contributed by atoms with Crippen molar-refractivity contribution in [2.24, 2.45) is 0 Å². The summed E-state index contributed by atoms with van der Waals surface area (Å²) in [6, 6.07) is 3.38. The molecule has 0 spiro atoms. The number of nitrogens with zero attached hydrogens (tertiary/aromatic N) is 2. The molecule has 0 aromatic carbocycles. The van der Waals surface area contributed by atoms with Gasteiger partial charge in [0.15, 0.2) is 0 Å². The van der Waals surface area contributed by atoms with Crippen LogP contribution in [0, 0.1) is 0 Å². The van der Waals surface area contributed by atoms with Crippen LogP contribution in [0.4, 0.5) is 0 Å². The van der Waals surface area contributed by atoms with Crippen LogP contribution in [0.1, 0.15) is 12.1 Å². The maximum Gasteiger partial charge on any atom is 0.221 e. The van der Waals surface area contributed by atoms with Gasteiger partial charge in [0.2, 0.25) is 5.91 Å². The van der Waals surface area contributed by atoms with Gasteiger partial charge in [-0.15, -0.1) is 0 Å². The lowest BCUT2D eigenvalue weighted by Crippen LogP contribution is -2.26. The van der Waals surface area contributed by atoms with Crippen LogP contribution >= 0.6 is 0 Å². The topological polar surface area (TPSA) is 65.5 Å². The van der Waals surface area contributed by atoms with Gasteiger partial charge in [-0.05, 0) is 19.2 Å². The van der Waals surface area contributed by atoms with E-state index in [1.165, 1.54) is 6.20 Å². The summed E-state index contributed by atoms with van der Waals surface area (Å²) in [5.74, 6) is 0.197. The molecule has 0 fully saturated rings. The maximum atomic E-state index is 11.0. The van der Waals surface area contributed by atoms with Gasteiger partial charge in [0.1, 0.15) is 5.75 Å². The molecular formula is C11H17N3O2. The van der Waals surface area contributed by atoms with Crippen molar-refractivity contribution in [3.8, 4) is 5.75 Å². The molecule has 0 aliphatic rings. The van der Waals surface area contributed by atoms with E-state index in [4.69, 9.17) is 5.11 Å². The fourth-order valence-electron chi connectivity index (χ4n) is 1.28. The van der Waals surface area contributed by atoms with Gasteiger partial charge in [0, 0.05) is 26.6 Å². The summed E-state index contributed by atoms with van der Waals surface area (Å²) in [5.41, 5.74) is 0.872. The van der Waals surface area contributed by atoms with Crippen LogP contribution < -0.4 is 5.32 Å². The number of amides is 1. The SMILES string of the molecule is CNC(=O)CCN(C)Cc1ccc(O)cn1. The van der Waals surface area contributed by atoms with E-state index in [0.717, 1.165) is 5.69 Å². The first-order valence-corrected chi connectivity index (χ1v) is 5.15. The van der Waals surface area contributed by atoms with Gasteiger partial charge in [-0.25, -0.2) is 0 Å². The molecule has 0 unspecified atom stereocenters. The number of pyridine rings is 1. The number of hydrogen-bond acceptors (Lipinski definition) is 4. The van der Waals surface area contributed by atoms with E-state index in [1.807, 2.05) is 11.9 Å². The summed E-state index contributed by atoms with van der Waals surface area (Å²) >= 11 is 0. The second-order valence-electron chi connectivity index (χ2n) is 3.67. The van der Waals surface area contributed by atoms with Gasteiger partial charge in [-0.3, -0.25) is 9.78 Å². The van der Waals surface area contributed by atoms with Gasteiger partial charge >= 0.3 is 0 Å². The molecule has 1 aromatic heterocycles. The molecule has 0 atom stereocenters. The Kier molecular flexibility index (Phi) is 4.72. The van der Waals surface area contributed by atoms with E-state index < -0.39 is 0 Å². The van der Waals surface area contributed by atoms with Crippen LogP contribution in [0.3, 0.4) is 0 Å². The molecule has 2 N–H and O–H groups in total. The zero-order chi connectivity index (χ0) is 12.0. The average molecular weight is 223 g/mol. The lowest BCUT2D eigenvalue weighted by atomic mass is 10.3. The number of carbonyl (C=O) groups is 1. The van der Waals surface area contributed by atoms with Gasteiger partial charge < -0.3 is 15.3 Å². The molecule has 0 aliphatic carbocycles. The molecule has 5 heteroatoms. The van der Waals surface area contributed by atoms with Crippen LogP contribution in [0.2, 0.25) is 0 Å². The Morgan fingerprint density at radius 2 is 2.31 bits per heavy atom. The zero-order valence-electron chi connectivity index (χ0n) is 9.60. The van der Waals surface area contributed by atoms with Gasteiger partial charge in [0.25, 0.3) is 0 Å². The molecule has 16 heavy (non-hydrogen) atoms. The molecule has 1 amide bonds. The second kappa shape index (κ2) is 6.07. The van der Waals surface area contributed by atoms with Gasteiger partial charge in [-0.1, -0.05) is 0 Å². The Balaban J connectivity index is 2.36. The zero-order valence-corrected chi connectivity index (χ0v) is 9.60. The maximum absolute atomic E-state index is 11.0. The normalized spacial score (nSPS) is 10.4. The van der Waals surface area contributed by atoms with Crippen LogP contribution in [0.5, 0.6) is 5.75 Å². The van der Waals surface area contributed by atoms with Crippen molar-refractivity contribution < 1.29 is 9.90 Å². The Morgan fingerprint density at radius 1 is 1.56 bits per heavy atom. The highest BCUT2D eigenvalue weighted by Gasteiger charge is 2.04. The average Bonchev–Trinajstić information content (AvgIpc) is 2.29. The lowest BCUT2D eigenvalue weighted by Gasteiger charge is -2.15. The number of aromatic hydroxyl groups is 1. The molecule has 0 saturated heterocycles. The number of hydrogen-bond donors (Lipinski definition) is 2. The minimum Gasteiger partial charge on any atom is -0.506 e. The first kappa shape index (κ1) is 12.4. The second-order valence-corrected chi connectivity index (χ2v) is 3.67. The van der Waals surface area contributed by atoms with E-state index in [2.05, 4.69) is 10.3 Å². The highest BCUT2D eigenvalue weighted by Crippen LogP contribution is 2.07. The minimum atomic E-state index is 0.0329. The van der Waals surface area contributed by atoms with Gasteiger partial charge in [0.05, 0.1) is 11.9 Å². The Labute approximate surface area is 95.1 Å². The van der Waals surface area contributed by atoms with E-state index in [0.29, 0.717) is 19.5 Å². The van der Waals surface area contributed by atoms with Crippen molar-refractivity contribution in [1.29, 1.82) is 0 Å². The summed E-state index contributed by atoms with van der Waals surface area (Å²) in [7, 11) is 3.56. The number of aromatic nitrogens is 1. The van der Waals surface area contributed by atoms with Crippen molar-refractivity contribution in [1.82, 2.24) is 15.2 Å². The Bertz CT molecular complexity index is 338. The number of rotatable bonds is 5. The lowest BCUT2D eigenvalue weighted by molar-refractivity contribution is -0.120. The fraction of sp³-hybridized carbons (Fsp3) is 0.455. The monoisotopic (exact) mass is 223 g/mol. The van der Waals surface area contributed by atoms with Crippen molar-refractivity contribution in [3.63, 3.8) is 0 Å². The summed E-state index contributed by atoms with van der Waals surface area (Å²) in [6.07, 6.45) is 1.90. The molecule has 5 nitrogen and oxygen atoms in total. The third-order valence-electron chi connectivity index (χ3n) is 2.24. The first-order valence-electron chi connectivity index (χ1n) is 5.15. The van der Waals surface area contributed by atoms with E-state index in [9.17, 15) is 4.79 Å². The quantitative estimate of drug-likeness (QED) is 0.756. The van der Waals surface area contributed by atoms with Crippen LogP contribution in [-0.4, -0.2) is 41.5 Å². The fourth-order valence-corrected chi connectivity index (χ4v) is 1.28. The predicted molar refractivity (Wildman–Crippen MR) is 60.9 cm³/mol. The van der Waals surface area contributed by atoms with E-state index in [-0.39, 0.29) is 11.7 Å². The van der Waals surface area contributed by atoms with E-state index >= 15 is 0 Å². The van der Waals surface area contributed by atoms with Gasteiger partial charge in [-0.2, -0.15) is 0 Å². The number of nitrogens with one attached hydrogen (secondary N) is 1. The highest BCUT2D eigenvalue weighted by molar-refractivity contribution is 5.75. The summed E-state index contributed by atoms with van der Waals surface area (Å²) < 4.78 is 0. The van der Waals surface area contributed by atoms with Crippen LogP contribution in [0.15, 0.2) is 18.3 Å². The summed E-state index contributed by atoms with van der Waals surface area (Å²) in [5, 5.41) is 11.6. The highest BCUT2D eigenvalue weighted by atomic mass is 16.3. The molecular weight excluding hydrogens is 206 g/mol. The summed E-state index contributed by atoms with van der Waals surface area (Å²) in [4.78, 5) is 17.1. The molecule has 0 radical (unpaired) electrons. The number of carbonyl (C=O) groups excluding carboxylic acids is 1. The smallest absolute Gasteiger partial charge is 0.221 e. The minimum absolute atomic E-state index is 0.0329. The Hall–Kier alpha value is -1.62. The third kappa shape index (κ3) is 4.27. The molecule has 0 aliphatic heterocycles. The molecule has 1 heterocycles. The molecule has 1 aromatic rings. The largest absolute Gasteiger partial charge is 0.506 e. The van der Waals surface area contributed by atoms with Crippen LogP contribution in [-0.2, 0) is 11.3 Å². The van der Waals surface area contributed by atoms with Crippen molar-refractivity contribution >= 4 is 5.91 Å². The van der Waals surface area contributed by atoms with Crippen molar-refractivity contribution in [3.05, 3.63) is 24.0 Å². The molecule has 88 valence electrons. The van der Waals surface area contributed by atoms with E-state index in [1.54, 1.807) is 19.2 Å². The van der Waals surface area contributed by atoms with Crippen LogP contribution in [0.25, 0.3) is 0 Å². The first-order chi connectivity index (χ1) is 7.61. The predicted octanol–water partition coefficient (Wildman–Crippen LogP) is 0.355. The standard InChI is InChI=1S/C11H17N3O2/c1-12-11(16)5-6-14(2)8-9-3-4-10(15)7-13-9/h3-4,7,15H,5-6,8H2,1-2H3,(H,12,16).